The number of para-hydroxylation sites is 1. The van der Waals surface area contributed by atoms with Crippen LogP contribution in [0.25, 0.3) is 0 Å². The van der Waals surface area contributed by atoms with Gasteiger partial charge in [0, 0.05) is 6.54 Å². The van der Waals surface area contributed by atoms with E-state index >= 15 is 0 Å². The van der Waals surface area contributed by atoms with Crippen molar-refractivity contribution in [2.45, 2.75) is 13.3 Å². The number of nitrogens with two attached hydrogens (primary N) is 1. The second-order valence-electron chi connectivity index (χ2n) is 3.85. The van der Waals surface area contributed by atoms with Gasteiger partial charge in [-0.3, -0.25) is 10.1 Å². The summed E-state index contributed by atoms with van der Waals surface area (Å²) in [4.78, 5) is 21.0. The fourth-order valence-electron chi connectivity index (χ4n) is 1.52. The monoisotopic (exact) mass is 283 g/mol. The summed E-state index contributed by atoms with van der Waals surface area (Å²) in [5.41, 5.74) is 4.98. The molecule has 0 unspecified atom stereocenters. The lowest BCUT2D eigenvalue weighted by atomic mass is 10.2. The van der Waals surface area contributed by atoms with Crippen LogP contribution < -0.4 is 15.8 Å². The molecule has 0 saturated carbocycles. The Hall–Kier alpha value is -2.51. The molecule has 8 heteroatoms. The Kier molecular flexibility index (Phi) is 6.08. The molecule has 3 N–H and O–H groups in total. The Morgan fingerprint density at radius 1 is 1.45 bits per heavy atom. The van der Waals surface area contributed by atoms with Gasteiger partial charge in [-0.1, -0.05) is 13.0 Å². The van der Waals surface area contributed by atoms with E-state index in [9.17, 15) is 14.9 Å². The van der Waals surface area contributed by atoms with Crippen LogP contribution in [-0.4, -0.2) is 30.8 Å². The number of amides is 1. The molecule has 0 saturated heterocycles. The summed E-state index contributed by atoms with van der Waals surface area (Å²) in [6.07, 6.45) is -0.136. The number of nitro groups is 1. The van der Waals surface area contributed by atoms with Crippen molar-refractivity contribution in [1.29, 1.82) is 0 Å². The van der Waals surface area contributed by atoms with E-state index in [2.05, 4.69) is 10.1 Å². The normalized spacial score (nSPS) is 9.85. The third-order valence-electron chi connectivity index (χ3n) is 2.31. The van der Waals surface area contributed by atoms with Crippen molar-refractivity contribution in [3.05, 3.63) is 28.3 Å². The standard InChI is InChI=1S/C12H17N3O5/c1-2-7-19-10-5-3-4-9(11(10)15(17)18)14-6-8-20-12(13)16/h3-5,14H,2,6-8H2,1H3,(H2,13,16). The van der Waals surface area contributed by atoms with Crippen molar-refractivity contribution in [2.75, 3.05) is 25.1 Å². The molecular formula is C12H17N3O5. The number of nitrogens with one attached hydrogen (secondary N) is 1. The largest absolute Gasteiger partial charge is 0.487 e. The number of primary amides is 1. The minimum absolute atomic E-state index is 0.0204. The molecule has 8 nitrogen and oxygen atoms in total. The van der Waals surface area contributed by atoms with Gasteiger partial charge in [0.1, 0.15) is 12.3 Å². The van der Waals surface area contributed by atoms with Gasteiger partial charge in [-0.2, -0.15) is 0 Å². The highest BCUT2D eigenvalue weighted by atomic mass is 16.6. The number of hydrogen-bond acceptors (Lipinski definition) is 6. The van der Waals surface area contributed by atoms with Crippen LogP contribution >= 0.6 is 0 Å². The maximum atomic E-state index is 11.1. The first-order valence-electron chi connectivity index (χ1n) is 6.12. The number of hydrogen-bond donors (Lipinski definition) is 2. The highest BCUT2D eigenvalue weighted by Gasteiger charge is 2.20. The lowest BCUT2D eigenvalue weighted by Gasteiger charge is -2.10. The highest BCUT2D eigenvalue weighted by molar-refractivity contribution is 5.68. The van der Waals surface area contributed by atoms with Crippen molar-refractivity contribution in [2.24, 2.45) is 5.73 Å². The van der Waals surface area contributed by atoms with Gasteiger partial charge < -0.3 is 20.5 Å². The van der Waals surface area contributed by atoms with E-state index in [0.717, 1.165) is 6.42 Å². The van der Waals surface area contributed by atoms with Crippen LogP contribution in [-0.2, 0) is 4.74 Å². The Morgan fingerprint density at radius 2 is 2.20 bits per heavy atom. The molecular weight excluding hydrogens is 266 g/mol. The molecule has 1 aromatic rings. The van der Waals surface area contributed by atoms with Gasteiger partial charge in [0.25, 0.3) is 0 Å². The van der Waals surface area contributed by atoms with Crippen LogP contribution in [0.1, 0.15) is 13.3 Å². The van der Waals surface area contributed by atoms with Crippen molar-refractivity contribution in [1.82, 2.24) is 0 Å². The van der Waals surface area contributed by atoms with E-state index in [1.807, 2.05) is 6.92 Å². The van der Waals surface area contributed by atoms with Crippen molar-refractivity contribution < 1.29 is 19.2 Å². The number of carbonyl (C=O) groups excluding carboxylic acids is 1. The molecule has 0 fully saturated rings. The van der Waals surface area contributed by atoms with Gasteiger partial charge in [-0.15, -0.1) is 0 Å². The number of nitrogens with zero attached hydrogens (tertiary/aromatic N) is 1. The van der Waals surface area contributed by atoms with Crippen LogP contribution in [0.5, 0.6) is 5.75 Å². The molecule has 0 aliphatic heterocycles. The molecule has 1 aromatic carbocycles. The lowest BCUT2D eigenvalue weighted by molar-refractivity contribution is -0.385. The number of anilines is 1. The minimum Gasteiger partial charge on any atom is -0.487 e. The van der Waals surface area contributed by atoms with E-state index < -0.39 is 11.0 Å². The quantitative estimate of drug-likeness (QED) is 0.427. The number of nitro benzene ring substituents is 1. The number of carbonyl (C=O) groups is 1. The molecule has 1 rings (SSSR count). The van der Waals surface area contributed by atoms with Crippen LogP contribution in [0.3, 0.4) is 0 Å². The predicted octanol–water partition coefficient (Wildman–Crippen LogP) is 1.89. The first-order chi connectivity index (χ1) is 9.56. The van der Waals surface area contributed by atoms with Gasteiger partial charge in [0.05, 0.1) is 11.5 Å². The molecule has 0 aromatic heterocycles. The number of ether oxygens (including phenoxy) is 2. The summed E-state index contributed by atoms with van der Waals surface area (Å²) < 4.78 is 9.88. The van der Waals surface area contributed by atoms with Gasteiger partial charge in [-0.25, -0.2) is 4.79 Å². The zero-order valence-electron chi connectivity index (χ0n) is 11.1. The molecule has 0 radical (unpaired) electrons. The predicted molar refractivity (Wildman–Crippen MR) is 72.9 cm³/mol. The average Bonchev–Trinajstić information content (AvgIpc) is 2.40. The molecule has 0 heterocycles. The van der Waals surface area contributed by atoms with Crippen molar-refractivity contribution >= 4 is 17.5 Å². The van der Waals surface area contributed by atoms with Crippen LogP contribution in [0.15, 0.2) is 18.2 Å². The summed E-state index contributed by atoms with van der Waals surface area (Å²) in [6, 6.07) is 4.75. The Morgan fingerprint density at radius 3 is 2.80 bits per heavy atom. The summed E-state index contributed by atoms with van der Waals surface area (Å²) in [5.74, 6) is 0.206. The SMILES string of the molecule is CCCOc1cccc(NCCOC(N)=O)c1[N+](=O)[O-]. The van der Waals surface area contributed by atoms with E-state index in [0.29, 0.717) is 12.3 Å². The topological polar surface area (TPSA) is 117 Å². The molecule has 0 aliphatic carbocycles. The smallest absolute Gasteiger partial charge is 0.404 e. The summed E-state index contributed by atoms with van der Waals surface area (Å²) in [5, 5.41) is 13.9. The number of rotatable bonds is 8. The Bertz CT molecular complexity index is 478. The Balaban J connectivity index is 2.78. The third-order valence-corrected chi connectivity index (χ3v) is 2.31. The molecule has 0 aliphatic rings. The van der Waals surface area contributed by atoms with E-state index in [-0.39, 0.29) is 24.6 Å². The zero-order chi connectivity index (χ0) is 15.0. The molecule has 0 spiro atoms. The molecule has 0 bridgehead atoms. The second kappa shape index (κ2) is 7.82. The maximum absolute atomic E-state index is 11.1. The summed E-state index contributed by atoms with van der Waals surface area (Å²) in [7, 11) is 0. The summed E-state index contributed by atoms with van der Waals surface area (Å²) >= 11 is 0. The fraction of sp³-hybridized carbons (Fsp3) is 0.417. The zero-order valence-corrected chi connectivity index (χ0v) is 11.1. The fourth-order valence-corrected chi connectivity index (χ4v) is 1.52. The van der Waals surface area contributed by atoms with Crippen LogP contribution in [0, 0.1) is 10.1 Å². The van der Waals surface area contributed by atoms with Crippen LogP contribution in [0.4, 0.5) is 16.2 Å². The first-order valence-corrected chi connectivity index (χ1v) is 6.12. The second-order valence-corrected chi connectivity index (χ2v) is 3.85. The molecule has 20 heavy (non-hydrogen) atoms. The van der Waals surface area contributed by atoms with Gasteiger partial charge >= 0.3 is 11.8 Å². The van der Waals surface area contributed by atoms with E-state index in [1.54, 1.807) is 18.2 Å². The van der Waals surface area contributed by atoms with Crippen molar-refractivity contribution in [3.8, 4) is 5.75 Å². The van der Waals surface area contributed by atoms with E-state index in [1.165, 1.54) is 0 Å². The summed E-state index contributed by atoms with van der Waals surface area (Å²) in [6.45, 7) is 2.54. The Labute approximate surface area is 116 Å². The number of benzene rings is 1. The molecule has 1 amide bonds. The van der Waals surface area contributed by atoms with Crippen LogP contribution in [0.2, 0.25) is 0 Å². The highest BCUT2D eigenvalue weighted by Crippen LogP contribution is 2.34. The van der Waals surface area contributed by atoms with Gasteiger partial charge in [0.15, 0.2) is 5.75 Å². The third kappa shape index (κ3) is 4.63. The van der Waals surface area contributed by atoms with E-state index in [4.69, 9.17) is 10.5 Å². The minimum atomic E-state index is -0.888. The van der Waals surface area contributed by atoms with Gasteiger partial charge in [-0.05, 0) is 18.6 Å². The average molecular weight is 283 g/mol. The first kappa shape index (κ1) is 15.5. The van der Waals surface area contributed by atoms with Crippen molar-refractivity contribution in [3.63, 3.8) is 0 Å². The van der Waals surface area contributed by atoms with Gasteiger partial charge in [0.2, 0.25) is 0 Å². The lowest BCUT2D eigenvalue weighted by Crippen LogP contribution is -2.18. The maximum Gasteiger partial charge on any atom is 0.404 e. The molecule has 0 atom stereocenters. The molecule has 110 valence electrons.